The summed E-state index contributed by atoms with van der Waals surface area (Å²) >= 11 is 0. The average Bonchev–Trinajstić information content (AvgIpc) is 3.44. The Bertz CT molecular complexity index is 1510. The Morgan fingerprint density at radius 2 is 1.59 bits per heavy atom. The van der Waals surface area contributed by atoms with Gasteiger partial charge in [0, 0.05) is 34.5 Å². The standard InChI is InChI=1S/C29H30N3/c1-18(2)23-16-24(19(3)4)27(28-26(23)22-12-8-9-13-25(22)30(28)5)32-15-14-31-17-20-10-6-7-11-21(20)29(31)32/h6-16,18-19H,17H2,1-5H3/q+1. The molecule has 3 heteroatoms. The first kappa shape index (κ1) is 19.4. The number of aryl methyl sites for hydroxylation is 1. The van der Waals surface area contributed by atoms with Gasteiger partial charge in [0.15, 0.2) is 5.69 Å². The highest BCUT2D eigenvalue weighted by molar-refractivity contribution is 6.13. The molecule has 3 heterocycles. The van der Waals surface area contributed by atoms with E-state index < -0.39 is 0 Å². The largest absolute Gasteiger partial charge is 0.340 e. The van der Waals surface area contributed by atoms with Gasteiger partial charge in [-0.1, -0.05) is 70.2 Å². The van der Waals surface area contributed by atoms with E-state index in [4.69, 9.17) is 0 Å². The molecule has 6 rings (SSSR count). The molecule has 3 nitrogen and oxygen atoms in total. The first-order chi connectivity index (χ1) is 15.5. The van der Waals surface area contributed by atoms with Crippen LogP contribution in [0.4, 0.5) is 0 Å². The second-order valence-corrected chi connectivity index (χ2v) is 9.79. The zero-order valence-corrected chi connectivity index (χ0v) is 19.6. The van der Waals surface area contributed by atoms with E-state index in [2.05, 4.69) is 115 Å². The maximum absolute atomic E-state index is 2.48. The molecule has 1 aliphatic rings. The molecule has 0 N–H and O–H groups in total. The molecular weight excluding hydrogens is 390 g/mol. The van der Waals surface area contributed by atoms with Gasteiger partial charge < -0.3 is 4.57 Å². The number of hydrogen-bond acceptors (Lipinski definition) is 0. The van der Waals surface area contributed by atoms with Crippen LogP contribution in [0, 0.1) is 0 Å². The van der Waals surface area contributed by atoms with Crippen molar-refractivity contribution in [2.75, 3.05) is 0 Å². The summed E-state index contributed by atoms with van der Waals surface area (Å²) in [6, 6.07) is 20.2. The first-order valence-corrected chi connectivity index (χ1v) is 11.7. The van der Waals surface area contributed by atoms with E-state index in [0.29, 0.717) is 11.8 Å². The summed E-state index contributed by atoms with van der Waals surface area (Å²) in [6.07, 6.45) is 4.50. The molecule has 0 aliphatic carbocycles. The number of nitrogens with zero attached hydrogens (tertiary/aromatic N) is 3. The van der Waals surface area contributed by atoms with E-state index >= 15 is 0 Å². The highest BCUT2D eigenvalue weighted by Gasteiger charge is 2.33. The maximum Gasteiger partial charge on any atom is 0.294 e. The second kappa shape index (κ2) is 6.83. The van der Waals surface area contributed by atoms with Crippen LogP contribution >= 0.6 is 0 Å². The van der Waals surface area contributed by atoms with Gasteiger partial charge in [-0.2, -0.15) is 4.57 Å². The number of para-hydroxylation sites is 1. The Labute approximate surface area is 189 Å². The molecule has 0 saturated carbocycles. The van der Waals surface area contributed by atoms with Gasteiger partial charge in [0.05, 0.1) is 11.1 Å². The monoisotopic (exact) mass is 420 g/mol. The Morgan fingerprint density at radius 3 is 2.38 bits per heavy atom. The number of aromatic nitrogens is 3. The second-order valence-electron chi connectivity index (χ2n) is 9.79. The van der Waals surface area contributed by atoms with Crippen molar-refractivity contribution in [2.24, 2.45) is 7.05 Å². The molecule has 160 valence electrons. The van der Waals surface area contributed by atoms with E-state index in [1.165, 1.54) is 55.6 Å². The van der Waals surface area contributed by atoms with Crippen molar-refractivity contribution in [1.82, 2.24) is 9.13 Å². The molecule has 0 bridgehead atoms. The van der Waals surface area contributed by atoms with Crippen LogP contribution in [0.3, 0.4) is 0 Å². The molecule has 1 aliphatic heterocycles. The van der Waals surface area contributed by atoms with Crippen molar-refractivity contribution >= 4 is 21.8 Å². The van der Waals surface area contributed by atoms with E-state index in [1.54, 1.807) is 0 Å². The third-order valence-electron chi connectivity index (χ3n) is 7.18. The molecule has 0 spiro atoms. The van der Waals surface area contributed by atoms with Gasteiger partial charge in [-0.25, -0.2) is 4.57 Å². The summed E-state index contributed by atoms with van der Waals surface area (Å²) in [5.41, 5.74) is 9.55. The van der Waals surface area contributed by atoms with Crippen LogP contribution in [-0.2, 0) is 13.6 Å². The molecule has 32 heavy (non-hydrogen) atoms. The predicted octanol–water partition coefficient (Wildman–Crippen LogP) is 6.69. The molecule has 0 saturated heterocycles. The van der Waals surface area contributed by atoms with Gasteiger partial charge in [0.1, 0.15) is 18.9 Å². The summed E-state index contributed by atoms with van der Waals surface area (Å²) in [5.74, 6) is 2.16. The lowest BCUT2D eigenvalue weighted by Crippen LogP contribution is -2.30. The predicted molar refractivity (Wildman–Crippen MR) is 133 cm³/mol. The summed E-state index contributed by atoms with van der Waals surface area (Å²) in [6.45, 7) is 10.2. The number of hydrogen-bond donors (Lipinski definition) is 0. The van der Waals surface area contributed by atoms with Crippen LogP contribution in [0.1, 0.15) is 56.2 Å². The van der Waals surface area contributed by atoms with Crippen molar-refractivity contribution in [3.8, 4) is 17.1 Å². The van der Waals surface area contributed by atoms with Crippen LogP contribution in [0.2, 0.25) is 0 Å². The molecule has 0 atom stereocenters. The van der Waals surface area contributed by atoms with Gasteiger partial charge in [-0.15, -0.1) is 0 Å². The minimum absolute atomic E-state index is 0.421. The molecule has 2 aromatic heterocycles. The Hall–Kier alpha value is -3.33. The lowest BCUT2D eigenvalue weighted by molar-refractivity contribution is -0.671. The van der Waals surface area contributed by atoms with E-state index in [-0.39, 0.29) is 0 Å². The third kappa shape index (κ3) is 2.51. The molecular formula is C29H30N3+. The van der Waals surface area contributed by atoms with Gasteiger partial charge in [0.2, 0.25) is 0 Å². The smallest absolute Gasteiger partial charge is 0.294 e. The third-order valence-corrected chi connectivity index (χ3v) is 7.18. The van der Waals surface area contributed by atoms with Crippen LogP contribution in [-0.4, -0.2) is 9.13 Å². The van der Waals surface area contributed by atoms with E-state index in [1.807, 2.05) is 0 Å². The number of rotatable bonds is 3. The molecule has 0 fully saturated rings. The highest BCUT2D eigenvalue weighted by atomic mass is 15.2. The van der Waals surface area contributed by atoms with Crippen molar-refractivity contribution in [1.29, 1.82) is 0 Å². The number of benzene rings is 3. The SMILES string of the molecule is CC(C)c1cc(C(C)C)c2c3ccccc3n(C)c2c1-n1cc[n+]2c1-c1ccccc1C2. The molecule has 0 amide bonds. The minimum atomic E-state index is 0.421. The Balaban J connectivity index is 1.81. The summed E-state index contributed by atoms with van der Waals surface area (Å²) in [7, 11) is 2.23. The summed E-state index contributed by atoms with van der Waals surface area (Å²) in [4.78, 5) is 0. The van der Waals surface area contributed by atoms with Crippen molar-refractivity contribution in [2.45, 2.75) is 46.1 Å². The fourth-order valence-electron chi connectivity index (χ4n) is 5.64. The minimum Gasteiger partial charge on any atom is -0.340 e. The van der Waals surface area contributed by atoms with E-state index in [9.17, 15) is 0 Å². The Morgan fingerprint density at radius 1 is 0.875 bits per heavy atom. The number of imidazole rings is 1. The zero-order chi connectivity index (χ0) is 22.1. The fraction of sp³-hybridized carbons (Fsp3) is 0.276. The lowest BCUT2D eigenvalue weighted by atomic mass is 9.89. The van der Waals surface area contributed by atoms with Crippen molar-refractivity contribution < 1.29 is 4.57 Å². The van der Waals surface area contributed by atoms with Gasteiger partial charge in [0.25, 0.3) is 5.82 Å². The fourth-order valence-corrected chi connectivity index (χ4v) is 5.64. The summed E-state index contributed by atoms with van der Waals surface area (Å²) in [5, 5.41) is 2.75. The number of fused-ring (bicyclic) bond motifs is 6. The van der Waals surface area contributed by atoms with Crippen molar-refractivity contribution in [3.05, 3.63) is 83.7 Å². The maximum atomic E-state index is 2.48. The van der Waals surface area contributed by atoms with E-state index in [0.717, 1.165) is 6.54 Å². The molecule has 5 aromatic rings. The normalized spacial score (nSPS) is 13.0. The van der Waals surface area contributed by atoms with Gasteiger partial charge >= 0.3 is 0 Å². The van der Waals surface area contributed by atoms with Gasteiger partial charge in [-0.05, 0) is 29.5 Å². The van der Waals surface area contributed by atoms with Crippen LogP contribution in [0.25, 0.3) is 38.9 Å². The lowest BCUT2D eigenvalue weighted by Gasteiger charge is -2.18. The molecule has 0 radical (unpaired) electrons. The van der Waals surface area contributed by atoms with Gasteiger partial charge in [-0.3, -0.25) is 0 Å². The zero-order valence-electron chi connectivity index (χ0n) is 19.6. The Kier molecular flexibility index (Phi) is 4.13. The van der Waals surface area contributed by atoms with Crippen molar-refractivity contribution in [3.63, 3.8) is 0 Å². The van der Waals surface area contributed by atoms with Crippen LogP contribution < -0.4 is 4.57 Å². The summed E-state index contributed by atoms with van der Waals surface area (Å²) < 4.78 is 7.25. The van der Waals surface area contributed by atoms with Crippen LogP contribution in [0.15, 0.2) is 67.0 Å². The average molecular weight is 421 g/mol. The molecule has 3 aromatic carbocycles. The molecule has 0 unspecified atom stereocenters. The highest BCUT2D eigenvalue weighted by Crippen LogP contribution is 2.42. The topological polar surface area (TPSA) is 13.7 Å². The van der Waals surface area contributed by atoms with Crippen LogP contribution in [0.5, 0.6) is 0 Å². The first-order valence-electron chi connectivity index (χ1n) is 11.7. The quantitative estimate of drug-likeness (QED) is 0.283.